The first-order valence-electron chi connectivity index (χ1n) is 5.66. The van der Waals surface area contributed by atoms with E-state index in [0.717, 1.165) is 18.4 Å². The second kappa shape index (κ2) is 6.62. The molecule has 2 N–H and O–H groups in total. The van der Waals surface area contributed by atoms with Crippen LogP contribution in [-0.2, 0) is 9.59 Å². The molecular formula is C12H17N3O2. The van der Waals surface area contributed by atoms with Crippen LogP contribution < -0.4 is 10.6 Å². The van der Waals surface area contributed by atoms with Crippen LogP contribution in [0.4, 0.5) is 5.82 Å². The van der Waals surface area contributed by atoms with E-state index < -0.39 is 11.8 Å². The van der Waals surface area contributed by atoms with Gasteiger partial charge in [0, 0.05) is 12.7 Å². The smallest absolute Gasteiger partial charge is 0.314 e. The molecule has 1 heterocycles. The molecule has 17 heavy (non-hydrogen) atoms. The lowest BCUT2D eigenvalue weighted by molar-refractivity contribution is -0.136. The summed E-state index contributed by atoms with van der Waals surface area (Å²) in [4.78, 5) is 26.9. The Morgan fingerprint density at radius 3 is 2.76 bits per heavy atom. The van der Waals surface area contributed by atoms with E-state index in [0.29, 0.717) is 12.4 Å². The average Bonchev–Trinajstić information content (AvgIpc) is 2.32. The van der Waals surface area contributed by atoms with Crippen LogP contribution in [0.3, 0.4) is 0 Å². The van der Waals surface area contributed by atoms with Crippen molar-refractivity contribution in [2.45, 2.75) is 26.7 Å². The van der Waals surface area contributed by atoms with Crippen LogP contribution in [0, 0.1) is 6.92 Å². The zero-order valence-corrected chi connectivity index (χ0v) is 10.1. The Balaban J connectivity index is 2.49. The van der Waals surface area contributed by atoms with Crippen LogP contribution in [0.2, 0.25) is 0 Å². The fourth-order valence-corrected chi connectivity index (χ4v) is 1.24. The Kier molecular flexibility index (Phi) is 5.13. The Hall–Kier alpha value is -1.91. The summed E-state index contributed by atoms with van der Waals surface area (Å²) < 4.78 is 0. The van der Waals surface area contributed by atoms with Gasteiger partial charge < -0.3 is 10.6 Å². The zero-order valence-electron chi connectivity index (χ0n) is 10.1. The largest absolute Gasteiger partial charge is 0.348 e. The standard InChI is InChI=1S/C12H17N3O2/c1-3-4-7-14-11(16)12(17)15-10-9(2)6-5-8-13-10/h5-6,8H,3-4,7H2,1-2H3,(H,14,16)(H,13,15,17). The molecule has 0 aliphatic heterocycles. The van der Waals surface area contributed by atoms with Gasteiger partial charge in [-0.15, -0.1) is 0 Å². The van der Waals surface area contributed by atoms with Crippen molar-refractivity contribution in [3.05, 3.63) is 23.9 Å². The summed E-state index contributed by atoms with van der Waals surface area (Å²) >= 11 is 0. The Morgan fingerprint density at radius 2 is 2.12 bits per heavy atom. The summed E-state index contributed by atoms with van der Waals surface area (Å²) in [5, 5.41) is 5.02. The third kappa shape index (κ3) is 4.22. The van der Waals surface area contributed by atoms with E-state index in [9.17, 15) is 9.59 Å². The highest BCUT2D eigenvalue weighted by atomic mass is 16.2. The van der Waals surface area contributed by atoms with E-state index in [2.05, 4.69) is 15.6 Å². The number of nitrogens with one attached hydrogen (secondary N) is 2. The fraction of sp³-hybridized carbons (Fsp3) is 0.417. The molecule has 1 rings (SSSR count). The van der Waals surface area contributed by atoms with Crippen LogP contribution in [0.1, 0.15) is 25.3 Å². The topological polar surface area (TPSA) is 71.1 Å². The van der Waals surface area contributed by atoms with E-state index in [1.54, 1.807) is 12.3 Å². The van der Waals surface area contributed by atoms with Crippen LogP contribution in [0.15, 0.2) is 18.3 Å². The monoisotopic (exact) mass is 235 g/mol. The lowest BCUT2D eigenvalue weighted by Crippen LogP contribution is -2.36. The summed E-state index contributed by atoms with van der Waals surface area (Å²) in [6.45, 7) is 4.35. The number of pyridine rings is 1. The molecule has 1 aromatic rings. The molecule has 0 fully saturated rings. The first kappa shape index (κ1) is 13.2. The molecule has 0 spiro atoms. The molecule has 0 saturated heterocycles. The SMILES string of the molecule is CCCCNC(=O)C(=O)Nc1ncccc1C. The molecule has 0 saturated carbocycles. The summed E-state index contributed by atoms with van der Waals surface area (Å²) in [7, 11) is 0. The normalized spacial score (nSPS) is 9.76. The van der Waals surface area contributed by atoms with Crippen molar-refractivity contribution in [1.29, 1.82) is 0 Å². The van der Waals surface area contributed by atoms with Gasteiger partial charge in [0.25, 0.3) is 0 Å². The highest BCUT2D eigenvalue weighted by molar-refractivity contribution is 6.39. The number of amides is 2. The van der Waals surface area contributed by atoms with Crippen molar-refractivity contribution >= 4 is 17.6 Å². The second-order valence-electron chi connectivity index (χ2n) is 3.73. The minimum absolute atomic E-state index is 0.420. The molecule has 92 valence electrons. The number of nitrogens with zero attached hydrogens (tertiary/aromatic N) is 1. The van der Waals surface area contributed by atoms with Crippen molar-refractivity contribution in [3.63, 3.8) is 0 Å². The van der Waals surface area contributed by atoms with E-state index in [1.807, 2.05) is 19.9 Å². The van der Waals surface area contributed by atoms with Crippen molar-refractivity contribution in [2.24, 2.45) is 0 Å². The van der Waals surface area contributed by atoms with Gasteiger partial charge in [0.2, 0.25) is 0 Å². The molecular weight excluding hydrogens is 218 g/mol. The third-order valence-corrected chi connectivity index (χ3v) is 2.26. The van der Waals surface area contributed by atoms with Crippen LogP contribution in [-0.4, -0.2) is 23.3 Å². The van der Waals surface area contributed by atoms with Crippen molar-refractivity contribution in [2.75, 3.05) is 11.9 Å². The summed E-state index contributed by atoms with van der Waals surface area (Å²) in [6, 6.07) is 3.59. The number of aryl methyl sites for hydroxylation is 1. The van der Waals surface area contributed by atoms with Gasteiger partial charge in [-0.25, -0.2) is 4.98 Å². The number of carbonyl (C=O) groups is 2. The molecule has 2 amide bonds. The number of anilines is 1. The quantitative estimate of drug-likeness (QED) is 0.609. The fourth-order valence-electron chi connectivity index (χ4n) is 1.24. The number of unbranched alkanes of at least 4 members (excludes halogenated alkanes) is 1. The number of rotatable bonds is 4. The molecule has 0 unspecified atom stereocenters. The predicted molar refractivity (Wildman–Crippen MR) is 65.5 cm³/mol. The number of aromatic nitrogens is 1. The van der Waals surface area contributed by atoms with E-state index in [-0.39, 0.29) is 0 Å². The lowest BCUT2D eigenvalue weighted by atomic mass is 10.3. The number of hydrogen-bond donors (Lipinski definition) is 2. The summed E-state index contributed by atoms with van der Waals surface area (Å²) in [6.07, 6.45) is 3.40. The highest BCUT2D eigenvalue weighted by Gasteiger charge is 2.14. The van der Waals surface area contributed by atoms with Crippen LogP contribution in [0.5, 0.6) is 0 Å². The molecule has 0 aliphatic rings. The maximum atomic E-state index is 11.5. The van der Waals surface area contributed by atoms with Crippen molar-refractivity contribution in [1.82, 2.24) is 10.3 Å². The molecule has 5 heteroatoms. The van der Waals surface area contributed by atoms with E-state index in [1.165, 1.54) is 0 Å². The number of carbonyl (C=O) groups excluding carboxylic acids is 2. The van der Waals surface area contributed by atoms with Gasteiger partial charge in [0.15, 0.2) is 0 Å². The minimum atomic E-state index is -0.678. The minimum Gasteiger partial charge on any atom is -0.348 e. The third-order valence-electron chi connectivity index (χ3n) is 2.26. The molecule has 0 atom stereocenters. The molecule has 1 aromatic heterocycles. The van der Waals surface area contributed by atoms with Gasteiger partial charge >= 0.3 is 11.8 Å². The number of hydrogen-bond acceptors (Lipinski definition) is 3. The molecule has 0 aliphatic carbocycles. The maximum absolute atomic E-state index is 11.5. The van der Waals surface area contributed by atoms with Crippen LogP contribution in [0.25, 0.3) is 0 Å². The molecule has 0 bridgehead atoms. The Labute approximate surface area is 101 Å². The van der Waals surface area contributed by atoms with Gasteiger partial charge in [-0.3, -0.25) is 9.59 Å². The predicted octanol–water partition coefficient (Wildman–Crippen LogP) is 1.24. The molecule has 0 radical (unpaired) electrons. The Morgan fingerprint density at radius 1 is 1.35 bits per heavy atom. The summed E-state index contributed by atoms with van der Waals surface area (Å²) in [5.41, 5.74) is 0.821. The van der Waals surface area contributed by atoms with Gasteiger partial charge in [0.05, 0.1) is 0 Å². The zero-order chi connectivity index (χ0) is 12.7. The second-order valence-corrected chi connectivity index (χ2v) is 3.73. The summed E-state index contributed by atoms with van der Waals surface area (Å²) in [5.74, 6) is -0.880. The molecule has 5 nitrogen and oxygen atoms in total. The van der Waals surface area contributed by atoms with Crippen LogP contribution >= 0.6 is 0 Å². The van der Waals surface area contributed by atoms with Gasteiger partial charge in [-0.1, -0.05) is 19.4 Å². The van der Waals surface area contributed by atoms with Gasteiger partial charge in [-0.05, 0) is 25.0 Å². The Bertz CT molecular complexity index is 404. The van der Waals surface area contributed by atoms with Crippen molar-refractivity contribution < 1.29 is 9.59 Å². The first-order chi connectivity index (χ1) is 8.15. The van der Waals surface area contributed by atoms with E-state index in [4.69, 9.17) is 0 Å². The first-order valence-corrected chi connectivity index (χ1v) is 5.66. The van der Waals surface area contributed by atoms with Crippen molar-refractivity contribution in [3.8, 4) is 0 Å². The van der Waals surface area contributed by atoms with Gasteiger partial charge in [0.1, 0.15) is 5.82 Å². The molecule has 0 aromatic carbocycles. The maximum Gasteiger partial charge on any atom is 0.314 e. The van der Waals surface area contributed by atoms with E-state index >= 15 is 0 Å². The average molecular weight is 235 g/mol. The van der Waals surface area contributed by atoms with Gasteiger partial charge in [-0.2, -0.15) is 0 Å². The highest BCUT2D eigenvalue weighted by Crippen LogP contribution is 2.08. The lowest BCUT2D eigenvalue weighted by Gasteiger charge is -2.07.